The van der Waals surface area contributed by atoms with Gasteiger partial charge in [-0.3, -0.25) is 0 Å². The van der Waals surface area contributed by atoms with Crippen molar-refractivity contribution in [1.82, 2.24) is 0 Å². The first-order valence-electron chi connectivity index (χ1n) is 6.92. The molecule has 5 nitrogen and oxygen atoms in total. The second-order valence-electron chi connectivity index (χ2n) is 4.78. The maximum absolute atomic E-state index is 10.7. The molecule has 1 heterocycles. The van der Waals surface area contributed by atoms with Gasteiger partial charge in [0, 0.05) is 12.1 Å². The Morgan fingerprint density at radius 3 is 2.16 bits per heavy atom. The highest BCUT2D eigenvalue weighted by molar-refractivity contribution is 7.86. The van der Waals surface area contributed by atoms with E-state index in [2.05, 4.69) is 6.58 Å². The van der Waals surface area contributed by atoms with Gasteiger partial charge in [0.05, 0.1) is 0 Å². The van der Waals surface area contributed by atoms with Crippen LogP contribution < -0.4 is 4.57 Å². The van der Waals surface area contributed by atoms with Gasteiger partial charge >= 0.3 is 5.51 Å². The molecule has 0 fully saturated rings. The number of benzene rings is 1. The molecule has 1 aromatic heterocycles. The normalized spacial score (nSPS) is 12.7. The van der Waals surface area contributed by atoms with Crippen molar-refractivity contribution in [3.63, 3.8) is 0 Å². The van der Waals surface area contributed by atoms with Gasteiger partial charge in [0.25, 0.3) is 0 Å². The molecule has 0 aliphatic rings. The fourth-order valence-electron chi connectivity index (χ4n) is 1.85. The molecular formula is C16H16F3NO4S. The lowest BCUT2D eigenvalue weighted by Gasteiger charge is -2.09. The summed E-state index contributed by atoms with van der Waals surface area (Å²) >= 11 is 0. The van der Waals surface area contributed by atoms with E-state index in [1.54, 1.807) is 0 Å². The third kappa shape index (κ3) is 6.29. The van der Waals surface area contributed by atoms with Gasteiger partial charge in [-0.2, -0.15) is 17.7 Å². The lowest BCUT2D eigenvalue weighted by atomic mass is 10.1. The van der Waals surface area contributed by atoms with E-state index in [1.807, 2.05) is 65.4 Å². The van der Waals surface area contributed by atoms with E-state index in [0.29, 0.717) is 6.54 Å². The molecule has 0 amide bonds. The van der Waals surface area contributed by atoms with Crippen LogP contribution in [0, 0.1) is 0 Å². The van der Waals surface area contributed by atoms with Gasteiger partial charge in [-0.05, 0) is 17.7 Å². The minimum atomic E-state index is -6.09. The van der Waals surface area contributed by atoms with Crippen molar-refractivity contribution < 1.29 is 35.8 Å². The Morgan fingerprint density at radius 1 is 1.16 bits per heavy atom. The second-order valence-corrected chi connectivity index (χ2v) is 6.15. The monoisotopic (exact) mass is 375 g/mol. The largest absolute Gasteiger partial charge is 0.741 e. The molecule has 1 atom stereocenters. The fourth-order valence-corrected chi connectivity index (χ4v) is 1.85. The Morgan fingerprint density at radius 2 is 1.68 bits per heavy atom. The quantitative estimate of drug-likeness (QED) is 0.385. The summed E-state index contributed by atoms with van der Waals surface area (Å²) in [5, 5.41) is 10.3. The molecule has 25 heavy (non-hydrogen) atoms. The summed E-state index contributed by atoms with van der Waals surface area (Å²) in [4.78, 5) is 0. The number of hydrogen-bond acceptors (Lipinski definition) is 4. The maximum Gasteiger partial charge on any atom is 0.485 e. The Bertz CT molecular complexity index is 793. The van der Waals surface area contributed by atoms with E-state index in [1.165, 1.54) is 0 Å². The highest BCUT2D eigenvalue weighted by Gasteiger charge is 2.36. The van der Waals surface area contributed by atoms with Gasteiger partial charge in [-0.15, -0.1) is 0 Å². The number of aliphatic hydroxyl groups excluding tert-OH is 1. The third-order valence-corrected chi connectivity index (χ3v) is 3.55. The average molecular weight is 375 g/mol. The average Bonchev–Trinajstić information content (AvgIpc) is 2.55. The van der Waals surface area contributed by atoms with Crippen LogP contribution >= 0.6 is 0 Å². The molecule has 9 heteroatoms. The molecule has 1 aromatic carbocycles. The zero-order valence-electron chi connectivity index (χ0n) is 12.9. The van der Waals surface area contributed by atoms with E-state index < -0.39 is 21.7 Å². The van der Waals surface area contributed by atoms with Crippen LogP contribution in [0.1, 0.15) is 17.4 Å². The van der Waals surface area contributed by atoms with Crippen LogP contribution in [0.5, 0.6) is 0 Å². The molecule has 0 saturated carbocycles. The lowest BCUT2D eigenvalue weighted by Crippen LogP contribution is -2.38. The van der Waals surface area contributed by atoms with Gasteiger partial charge in [-0.1, -0.05) is 36.9 Å². The number of allylic oxidation sites excluding steroid dienone is 1. The minimum Gasteiger partial charge on any atom is -0.741 e. The fraction of sp³-hybridized carbons (Fsp3) is 0.188. The molecule has 0 spiro atoms. The molecule has 0 saturated heterocycles. The molecule has 136 valence electrons. The molecule has 0 unspecified atom stereocenters. The Balaban J connectivity index is 0.000000333. The van der Waals surface area contributed by atoms with E-state index in [4.69, 9.17) is 13.0 Å². The highest BCUT2D eigenvalue weighted by Crippen LogP contribution is 2.20. The number of aliphatic hydroxyl groups is 1. The molecule has 2 rings (SSSR count). The smallest absolute Gasteiger partial charge is 0.485 e. The Kier molecular flexibility index (Phi) is 7.28. The Hall–Kier alpha value is -2.23. The van der Waals surface area contributed by atoms with Crippen LogP contribution in [0.3, 0.4) is 0 Å². The van der Waals surface area contributed by atoms with Gasteiger partial charge < -0.3 is 9.66 Å². The molecule has 0 aliphatic carbocycles. The van der Waals surface area contributed by atoms with E-state index in [0.717, 1.165) is 11.3 Å². The number of rotatable bonds is 4. The number of halogens is 3. The van der Waals surface area contributed by atoms with Gasteiger partial charge in [0.2, 0.25) is 5.69 Å². The predicted octanol–water partition coefficient (Wildman–Crippen LogP) is 2.29. The van der Waals surface area contributed by atoms with Crippen molar-refractivity contribution in [3.8, 4) is 0 Å². The molecule has 1 N–H and O–H groups in total. The van der Waals surface area contributed by atoms with Crippen LogP contribution in [0.2, 0.25) is 0 Å². The van der Waals surface area contributed by atoms with Crippen LogP contribution in [0.25, 0.3) is 0 Å². The third-order valence-electron chi connectivity index (χ3n) is 2.98. The van der Waals surface area contributed by atoms with Crippen molar-refractivity contribution in [2.45, 2.75) is 18.2 Å². The first-order chi connectivity index (χ1) is 11.6. The standard InChI is InChI=1S/C15H16NO.CHF3O3S/c1-2-11-16-12-7-6-10-14(16)15(17)13-8-4-3-5-9-13;2-1(3,4)8(5,6)7/h2-10,12,15,17H,1,11H2;(H,5,6,7)/q+1;/p-1/t15-;/m0./s1. The van der Waals surface area contributed by atoms with Crippen molar-refractivity contribution in [2.24, 2.45) is 0 Å². The summed E-state index contributed by atoms with van der Waals surface area (Å²) in [6, 6.07) is 15.5. The summed E-state index contributed by atoms with van der Waals surface area (Å²) in [5.74, 6) is 0. The van der Waals surface area contributed by atoms with Crippen LogP contribution in [-0.4, -0.2) is 23.6 Å². The number of pyridine rings is 1. The zero-order chi connectivity index (χ0) is 19.1. The summed E-state index contributed by atoms with van der Waals surface area (Å²) < 4.78 is 60.9. The van der Waals surface area contributed by atoms with Crippen molar-refractivity contribution in [1.29, 1.82) is 0 Å². The first-order valence-corrected chi connectivity index (χ1v) is 8.33. The summed E-state index contributed by atoms with van der Waals surface area (Å²) in [6.45, 7) is 4.42. The molecule has 2 aromatic rings. The SMILES string of the molecule is C=CC[n+]1ccccc1[C@@H](O)c1ccccc1.O=S(=O)([O-])C(F)(F)F. The molecule has 0 bridgehead atoms. The molecular weight excluding hydrogens is 359 g/mol. The number of aromatic nitrogens is 1. The topological polar surface area (TPSA) is 81.3 Å². The van der Waals surface area contributed by atoms with E-state index in [9.17, 15) is 18.3 Å². The summed E-state index contributed by atoms with van der Waals surface area (Å²) in [5.41, 5.74) is -3.87. The minimum absolute atomic E-state index is 0.600. The zero-order valence-corrected chi connectivity index (χ0v) is 13.7. The van der Waals surface area contributed by atoms with E-state index in [-0.39, 0.29) is 0 Å². The van der Waals surface area contributed by atoms with Crippen LogP contribution in [0.4, 0.5) is 13.2 Å². The highest BCUT2D eigenvalue weighted by atomic mass is 32.2. The van der Waals surface area contributed by atoms with Gasteiger partial charge in [-0.25, -0.2) is 8.42 Å². The van der Waals surface area contributed by atoms with Crippen molar-refractivity contribution in [3.05, 3.63) is 78.6 Å². The maximum atomic E-state index is 10.7. The summed E-state index contributed by atoms with van der Waals surface area (Å²) in [6.07, 6.45) is 3.17. The number of hydrogen-bond donors (Lipinski definition) is 1. The molecule has 0 radical (unpaired) electrons. The van der Waals surface area contributed by atoms with Crippen molar-refractivity contribution >= 4 is 10.1 Å². The van der Waals surface area contributed by atoms with Crippen LogP contribution in [-0.2, 0) is 16.7 Å². The summed E-state index contributed by atoms with van der Waals surface area (Å²) in [7, 11) is -6.09. The van der Waals surface area contributed by atoms with Gasteiger partial charge in [0.1, 0.15) is 0 Å². The molecule has 0 aliphatic heterocycles. The number of nitrogens with zero attached hydrogens (tertiary/aromatic N) is 1. The van der Waals surface area contributed by atoms with Crippen molar-refractivity contribution in [2.75, 3.05) is 0 Å². The Labute approximate surface area is 143 Å². The second kappa shape index (κ2) is 8.75. The first kappa shape index (κ1) is 20.8. The van der Waals surface area contributed by atoms with Crippen LogP contribution in [0.15, 0.2) is 67.4 Å². The van der Waals surface area contributed by atoms with E-state index >= 15 is 0 Å². The van der Waals surface area contributed by atoms with Gasteiger partial charge in [0.15, 0.2) is 29.0 Å². The predicted molar refractivity (Wildman–Crippen MR) is 83.1 cm³/mol. The number of alkyl halides is 3. The lowest BCUT2D eigenvalue weighted by molar-refractivity contribution is -0.697.